The second kappa shape index (κ2) is 8.29. The third-order valence-corrected chi connectivity index (χ3v) is 7.96. The van der Waals surface area contributed by atoms with E-state index >= 15 is 0 Å². The first-order valence-corrected chi connectivity index (χ1v) is 11.9. The van der Waals surface area contributed by atoms with E-state index in [-0.39, 0.29) is 29.7 Å². The summed E-state index contributed by atoms with van der Waals surface area (Å²) in [5.74, 6) is 2.23. The molecule has 4 aliphatic carbocycles. The molecule has 31 heavy (non-hydrogen) atoms. The van der Waals surface area contributed by atoms with E-state index in [2.05, 4.69) is 10.6 Å². The first-order chi connectivity index (χ1) is 15.0. The molecule has 6 rings (SSSR count). The average molecular weight is 424 g/mol. The minimum Gasteiger partial charge on any atom is -0.350 e. The van der Waals surface area contributed by atoms with Crippen molar-refractivity contribution in [2.24, 2.45) is 23.2 Å². The van der Waals surface area contributed by atoms with Crippen LogP contribution in [0.2, 0.25) is 0 Å². The maximum atomic E-state index is 13.0. The molecule has 0 unspecified atom stereocenters. The number of anilines is 1. The summed E-state index contributed by atoms with van der Waals surface area (Å²) in [6.45, 7) is 1.18. The topological polar surface area (TPSA) is 78.5 Å². The number of benzene rings is 1. The van der Waals surface area contributed by atoms with E-state index in [1.165, 1.54) is 19.3 Å². The van der Waals surface area contributed by atoms with Crippen LogP contribution in [0.25, 0.3) is 0 Å². The number of carbonyl (C=O) groups excluding carboxylic acids is 3. The van der Waals surface area contributed by atoms with Gasteiger partial charge in [-0.1, -0.05) is 12.1 Å². The van der Waals surface area contributed by atoms with Crippen LogP contribution in [0.3, 0.4) is 0 Å². The molecule has 0 spiro atoms. The first kappa shape index (κ1) is 20.5. The minimum absolute atomic E-state index is 0.0326. The van der Waals surface area contributed by atoms with Gasteiger partial charge in [-0.05, 0) is 86.8 Å². The molecule has 0 radical (unpaired) electrons. The summed E-state index contributed by atoms with van der Waals surface area (Å²) in [6, 6.07) is 7.79. The molecule has 166 valence electrons. The predicted molar refractivity (Wildman–Crippen MR) is 118 cm³/mol. The number of carbonyl (C=O) groups is 3. The van der Waals surface area contributed by atoms with Gasteiger partial charge in [0.05, 0.1) is 6.54 Å². The Kier molecular flexibility index (Phi) is 5.49. The maximum absolute atomic E-state index is 13.0. The van der Waals surface area contributed by atoms with Gasteiger partial charge in [-0.2, -0.15) is 0 Å². The molecule has 1 aliphatic heterocycles. The van der Waals surface area contributed by atoms with E-state index in [4.69, 9.17) is 0 Å². The van der Waals surface area contributed by atoms with E-state index < -0.39 is 0 Å². The number of hydrogen-bond acceptors (Lipinski definition) is 3. The second-order valence-corrected chi connectivity index (χ2v) is 10.3. The highest BCUT2D eigenvalue weighted by Crippen LogP contribution is 2.60. The lowest BCUT2D eigenvalue weighted by molar-refractivity contribution is -0.147. The minimum atomic E-state index is -0.218. The van der Waals surface area contributed by atoms with Gasteiger partial charge in [0.2, 0.25) is 17.7 Å². The second-order valence-electron chi connectivity index (χ2n) is 10.3. The summed E-state index contributed by atoms with van der Waals surface area (Å²) >= 11 is 0. The fraction of sp³-hybridized carbons (Fsp3) is 0.640. The van der Waals surface area contributed by atoms with Crippen molar-refractivity contribution in [3.8, 4) is 0 Å². The van der Waals surface area contributed by atoms with Gasteiger partial charge in [0.1, 0.15) is 0 Å². The Balaban J connectivity index is 1.12. The maximum Gasteiger partial charge on any atom is 0.239 e. The number of hydrogen-bond donors (Lipinski definition) is 2. The van der Waals surface area contributed by atoms with Gasteiger partial charge in [-0.15, -0.1) is 0 Å². The van der Waals surface area contributed by atoms with Crippen LogP contribution in [0, 0.1) is 23.2 Å². The van der Waals surface area contributed by atoms with Crippen LogP contribution in [-0.4, -0.2) is 30.8 Å². The lowest BCUT2D eigenvalue weighted by atomic mass is 9.49. The lowest BCUT2D eigenvalue weighted by Crippen LogP contribution is -2.54. The van der Waals surface area contributed by atoms with Gasteiger partial charge in [-0.3, -0.25) is 14.4 Å². The molecule has 1 aromatic rings. The number of nitrogens with zero attached hydrogens (tertiary/aromatic N) is 1. The Morgan fingerprint density at radius 1 is 1.00 bits per heavy atom. The molecule has 1 saturated heterocycles. The Hall–Kier alpha value is -2.37. The Morgan fingerprint density at radius 3 is 2.39 bits per heavy atom. The SMILES string of the molecule is O=C(CNC(=O)C12CC3CC(CC(C3)C1)C2)NCc1cccc(N2CCCCC2=O)c1. The molecule has 5 aliphatic rings. The molecular weight excluding hydrogens is 390 g/mol. The number of rotatable bonds is 6. The van der Waals surface area contributed by atoms with Crippen LogP contribution in [-0.2, 0) is 20.9 Å². The van der Waals surface area contributed by atoms with Crippen molar-refractivity contribution in [2.45, 2.75) is 64.3 Å². The molecule has 4 saturated carbocycles. The van der Waals surface area contributed by atoms with Crippen LogP contribution in [0.4, 0.5) is 5.69 Å². The van der Waals surface area contributed by atoms with E-state index in [1.54, 1.807) is 0 Å². The molecule has 0 aromatic heterocycles. The van der Waals surface area contributed by atoms with Crippen LogP contribution >= 0.6 is 0 Å². The normalized spacial score (nSPS) is 31.5. The first-order valence-electron chi connectivity index (χ1n) is 11.9. The van der Waals surface area contributed by atoms with Gasteiger partial charge < -0.3 is 15.5 Å². The fourth-order valence-corrected chi connectivity index (χ4v) is 6.91. The van der Waals surface area contributed by atoms with Crippen LogP contribution < -0.4 is 15.5 Å². The standard InChI is InChI=1S/C25H33N3O3/c29-22(16-27-24(31)25-12-18-8-19(13-25)10-20(9-18)14-25)26-15-17-4-3-5-21(11-17)28-7-2-1-6-23(28)30/h3-5,11,18-20H,1-2,6-10,12-16H2,(H,26,29)(H,27,31). The van der Waals surface area contributed by atoms with Crippen molar-refractivity contribution < 1.29 is 14.4 Å². The number of piperidine rings is 1. The molecule has 6 heteroatoms. The van der Waals surface area contributed by atoms with Gasteiger partial charge in [0, 0.05) is 30.6 Å². The van der Waals surface area contributed by atoms with Gasteiger partial charge in [0.15, 0.2) is 0 Å². The van der Waals surface area contributed by atoms with Crippen molar-refractivity contribution in [3.05, 3.63) is 29.8 Å². The van der Waals surface area contributed by atoms with Gasteiger partial charge in [-0.25, -0.2) is 0 Å². The fourth-order valence-electron chi connectivity index (χ4n) is 6.91. The van der Waals surface area contributed by atoms with E-state index in [0.717, 1.165) is 49.9 Å². The third kappa shape index (κ3) is 4.21. The van der Waals surface area contributed by atoms with E-state index in [9.17, 15) is 14.4 Å². The molecule has 5 fully saturated rings. The van der Waals surface area contributed by atoms with Crippen molar-refractivity contribution >= 4 is 23.4 Å². The molecule has 1 heterocycles. The smallest absolute Gasteiger partial charge is 0.239 e. The van der Waals surface area contributed by atoms with Crippen LogP contribution in [0.15, 0.2) is 24.3 Å². The molecule has 3 amide bonds. The summed E-state index contributed by atoms with van der Waals surface area (Å²) in [5, 5.41) is 5.85. The van der Waals surface area contributed by atoms with Gasteiger partial charge >= 0.3 is 0 Å². The largest absolute Gasteiger partial charge is 0.350 e. The van der Waals surface area contributed by atoms with Crippen molar-refractivity contribution in [1.82, 2.24) is 10.6 Å². The Morgan fingerprint density at radius 2 is 1.71 bits per heavy atom. The molecule has 1 aromatic carbocycles. The van der Waals surface area contributed by atoms with Gasteiger partial charge in [0.25, 0.3) is 0 Å². The van der Waals surface area contributed by atoms with E-state index in [0.29, 0.717) is 30.7 Å². The summed E-state index contributed by atoms with van der Waals surface area (Å²) in [7, 11) is 0. The zero-order chi connectivity index (χ0) is 21.4. The zero-order valence-electron chi connectivity index (χ0n) is 18.2. The lowest BCUT2D eigenvalue weighted by Gasteiger charge is -2.55. The van der Waals surface area contributed by atoms with Crippen molar-refractivity contribution in [1.29, 1.82) is 0 Å². The number of nitrogens with one attached hydrogen (secondary N) is 2. The highest BCUT2D eigenvalue weighted by molar-refractivity contribution is 5.94. The van der Waals surface area contributed by atoms with Crippen molar-refractivity contribution in [3.63, 3.8) is 0 Å². The Labute approximate surface area is 184 Å². The summed E-state index contributed by atoms with van der Waals surface area (Å²) in [6.07, 6.45) is 9.51. The molecular formula is C25H33N3O3. The van der Waals surface area contributed by atoms with Crippen LogP contribution in [0.1, 0.15) is 63.4 Å². The molecule has 2 N–H and O–H groups in total. The monoisotopic (exact) mass is 423 g/mol. The highest BCUT2D eigenvalue weighted by atomic mass is 16.2. The zero-order valence-corrected chi connectivity index (χ0v) is 18.2. The Bertz CT molecular complexity index is 845. The molecule has 6 nitrogen and oxygen atoms in total. The van der Waals surface area contributed by atoms with Crippen molar-refractivity contribution in [2.75, 3.05) is 18.0 Å². The third-order valence-electron chi connectivity index (χ3n) is 7.96. The number of amides is 3. The quantitative estimate of drug-likeness (QED) is 0.738. The molecule has 0 atom stereocenters. The highest BCUT2D eigenvalue weighted by Gasteiger charge is 2.54. The summed E-state index contributed by atoms with van der Waals surface area (Å²) < 4.78 is 0. The predicted octanol–water partition coefficient (Wildman–Crippen LogP) is 3.15. The average Bonchev–Trinajstić information content (AvgIpc) is 2.75. The summed E-state index contributed by atoms with van der Waals surface area (Å²) in [4.78, 5) is 39.4. The van der Waals surface area contributed by atoms with E-state index in [1.807, 2.05) is 29.2 Å². The summed E-state index contributed by atoms with van der Waals surface area (Å²) in [5.41, 5.74) is 1.63. The van der Waals surface area contributed by atoms with Crippen LogP contribution in [0.5, 0.6) is 0 Å². The molecule has 4 bridgehead atoms.